The van der Waals surface area contributed by atoms with Gasteiger partial charge in [-0.05, 0) is 44.5 Å². The third-order valence-electron chi connectivity index (χ3n) is 3.27. The van der Waals surface area contributed by atoms with Gasteiger partial charge in [-0.2, -0.15) is 5.26 Å². The highest BCUT2D eigenvalue weighted by Crippen LogP contribution is 2.34. The SMILES string of the molecule is C=C1C(C#N)=CC(c2ccncc2)=C(C)N1C(C)C. The van der Waals surface area contributed by atoms with Gasteiger partial charge in [0, 0.05) is 29.7 Å². The molecule has 0 atom stereocenters. The molecule has 96 valence electrons. The molecule has 0 aromatic carbocycles. The van der Waals surface area contributed by atoms with Crippen molar-refractivity contribution in [3.63, 3.8) is 0 Å². The number of hydrogen-bond acceptors (Lipinski definition) is 3. The lowest BCUT2D eigenvalue weighted by Gasteiger charge is -2.35. The molecule has 0 fully saturated rings. The second kappa shape index (κ2) is 5.11. The van der Waals surface area contributed by atoms with Gasteiger partial charge < -0.3 is 4.90 Å². The first-order valence-corrected chi connectivity index (χ1v) is 6.28. The molecule has 2 rings (SSSR count). The number of rotatable bonds is 2. The third kappa shape index (κ3) is 2.30. The van der Waals surface area contributed by atoms with Crippen LogP contribution in [0.2, 0.25) is 0 Å². The number of allylic oxidation sites excluding steroid dienone is 4. The van der Waals surface area contributed by atoms with Crippen molar-refractivity contribution in [2.45, 2.75) is 26.8 Å². The van der Waals surface area contributed by atoms with Crippen molar-refractivity contribution >= 4 is 5.57 Å². The molecule has 0 bridgehead atoms. The molecule has 0 spiro atoms. The summed E-state index contributed by atoms with van der Waals surface area (Å²) in [5, 5.41) is 9.27. The molecule has 2 heterocycles. The Morgan fingerprint density at radius 3 is 2.47 bits per heavy atom. The predicted molar refractivity (Wildman–Crippen MR) is 76.6 cm³/mol. The summed E-state index contributed by atoms with van der Waals surface area (Å²) in [7, 11) is 0. The van der Waals surface area contributed by atoms with Gasteiger partial charge in [0.15, 0.2) is 0 Å². The van der Waals surface area contributed by atoms with Crippen LogP contribution in [0, 0.1) is 11.3 Å². The van der Waals surface area contributed by atoms with E-state index in [0.717, 1.165) is 22.5 Å². The van der Waals surface area contributed by atoms with Crippen molar-refractivity contribution in [2.75, 3.05) is 0 Å². The summed E-state index contributed by atoms with van der Waals surface area (Å²) in [5.74, 6) is 0. The fraction of sp³-hybridized carbons (Fsp3) is 0.250. The number of nitrogens with zero attached hydrogens (tertiary/aromatic N) is 3. The Bertz CT molecular complexity index is 601. The largest absolute Gasteiger partial charge is 0.342 e. The van der Waals surface area contributed by atoms with Crippen molar-refractivity contribution in [1.82, 2.24) is 9.88 Å². The summed E-state index contributed by atoms with van der Waals surface area (Å²) in [4.78, 5) is 6.14. The molecule has 0 saturated heterocycles. The molecule has 0 radical (unpaired) electrons. The van der Waals surface area contributed by atoms with Crippen molar-refractivity contribution in [3.8, 4) is 6.07 Å². The van der Waals surface area contributed by atoms with Crippen LogP contribution in [0.3, 0.4) is 0 Å². The van der Waals surface area contributed by atoms with Gasteiger partial charge in [0.05, 0.1) is 11.3 Å². The molecule has 0 amide bonds. The molecule has 19 heavy (non-hydrogen) atoms. The molecular formula is C16H17N3. The van der Waals surface area contributed by atoms with E-state index < -0.39 is 0 Å². The Kier molecular flexibility index (Phi) is 3.52. The van der Waals surface area contributed by atoms with E-state index in [2.05, 4.69) is 43.3 Å². The number of aromatic nitrogens is 1. The lowest BCUT2D eigenvalue weighted by atomic mass is 9.95. The van der Waals surface area contributed by atoms with Crippen LogP contribution < -0.4 is 0 Å². The van der Waals surface area contributed by atoms with E-state index in [0.29, 0.717) is 5.57 Å². The van der Waals surface area contributed by atoms with Crippen molar-refractivity contribution in [1.29, 1.82) is 5.26 Å². The van der Waals surface area contributed by atoms with Crippen LogP contribution >= 0.6 is 0 Å². The van der Waals surface area contributed by atoms with E-state index in [1.807, 2.05) is 18.2 Å². The van der Waals surface area contributed by atoms with Crippen LogP contribution in [0.25, 0.3) is 5.57 Å². The zero-order chi connectivity index (χ0) is 14.0. The molecule has 0 unspecified atom stereocenters. The second-order valence-corrected chi connectivity index (χ2v) is 4.82. The van der Waals surface area contributed by atoms with E-state index in [4.69, 9.17) is 0 Å². The van der Waals surface area contributed by atoms with E-state index in [-0.39, 0.29) is 6.04 Å². The van der Waals surface area contributed by atoms with E-state index in [1.165, 1.54) is 0 Å². The second-order valence-electron chi connectivity index (χ2n) is 4.82. The fourth-order valence-corrected chi connectivity index (χ4v) is 2.41. The highest BCUT2D eigenvalue weighted by atomic mass is 15.2. The fourth-order valence-electron chi connectivity index (χ4n) is 2.41. The Hall–Kier alpha value is -2.34. The average molecular weight is 251 g/mol. The summed E-state index contributed by atoms with van der Waals surface area (Å²) in [5.41, 5.74) is 4.63. The molecule has 3 nitrogen and oxygen atoms in total. The maximum absolute atomic E-state index is 9.27. The first-order valence-electron chi connectivity index (χ1n) is 6.28. The summed E-state index contributed by atoms with van der Waals surface area (Å²) >= 11 is 0. The molecule has 3 heteroatoms. The van der Waals surface area contributed by atoms with Gasteiger partial charge in [-0.25, -0.2) is 0 Å². The number of pyridine rings is 1. The van der Waals surface area contributed by atoms with Gasteiger partial charge in [-0.1, -0.05) is 6.58 Å². The van der Waals surface area contributed by atoms with Crippen molar-refractivity contribution in [3.05, 3.63) is 59.7 Å². The quantitative estimate of drug-likeness (QED) is 0.807. The minimum Gasteiger partial charge on any atom is -0.342 e. The van der Waals surface area contributed by atoms with Crippen molar-refractivity contribution in [2.24, 2.45) is 0 Å². The van der Waals surface area contributed by atoms with E-state index >= 15 is 0 Å². The van der Waals surface area contributed by atoms with Crippen LogP contribution in [0.1, 0.15) is 26.3 Å². The van der Waals surface area contributed by atoms with Gasteiger partial charge in [0.2, 0.25) is 0 Å². The van der Waals surface area contributed by atoms with Crippen LogP contribution in [-0.4, -0.2) is 15.9 Å². The van der Waals surface area contributed by atoms with Crippen LogP contribution in [-0.2, 0) is 0 Å². The van der Waals surface area contributed by atoms with Gasteiger partial charge in [-0.3, -0.25) is 4.98 Å². The van der Waals surface area contributed by atoms with Crippen LogP contribution in [0.4, 0.5) is 0 Å². The first kappa shape index (κ1) is 13.1. The molecule has 1 aliphatic rings. The highest BCUT2D eigenvalue weighted by Gasteiger charge is 2.24. The zero-order valence-electron chi connectivity index (χ0n) is 11.5. The number of nitriles is 1. The van der Waals surface area contributed by atoms with Crippen LogP contribution in [0.5, 0.6) is 0 Å². The van der Waals surface area contributed by atoms with E-state index in [9.17, 15) is 5.26 Å². The third-order valence-corrected chi connectivity index (χ3v) is 3.27. The minimum absolute atomic E-state index is 0.265. The summed E-state index contributed by atoms with van der Waals surface area (Å²) in [6.07, 6.45) is 5.43. The molecule has 0 aliphatic carbocycles. The molecule has 0 saturated carbocycles. The van der Waals surface area contributed by atoms with Crippen LogP contribution in [0.15, 0.2) is 54.1 Å². The van der Waals surface area contributed by atoms with Crippen molar-refractivity contribution < 1.29 is 0 Å². The molecule has 1 aromatic heterocycles. The normalized spacial score (nSPS) is 15.6. The van der Waals surface area contributed by atoms with E-state index in [1.54, 1.807) is 12.4 Å². The minimum atomic E-state index is 0.265. The maximum Gasteiger partial charge on any atom is 0.101 e. The van der Waals surface area contributed by atoms with Gasteiger partial charge in [-0.15, -0.1) is 0 Å². The standard InChI is InChI=1S/C16H17N3/c1-11(2)19-12(3)15(10-17)9-16(13(19)4)14-5-7-18-8-6-14/h5-9,11H,3H2,1-2,4H3. The van der Waals surface area contributed by atoms with Gasteiger partial charge in [0.1, 0.15) is 6.07 Å². The maximum atomic E-state index is 9.27. The molecule has 0 N–H and O–H groups in total. The zero-order valence-corrected chi connectivity index (χ0v) is 11.5. The topological polar surface area (TPSA) is 39.9 Å². The number of hydrogen-bond donors (Lipinski definition) is 0. The summed E-state index contributed by atoms with van der Waals surface area (Å²) in [6.45, 7) is 10.3. The average Bonchev–Trinajstić information content (AvgIpc) is 2.39. The monoisotopic (exact) mass is 251 g/mol. The Morgan fingerprint density at radius 2 is 1.95 bits per heavy atom. The van der Waals surface area contributed by atoms with Gasteiger partial charge in [0.25, 0.3) is 0 Å². The lowest BCUT2D eigenvalue weighted by Crippen LogP contribution is -2.31. The molecular weight excluding hydrogens is 234 g/mol. The Balaban J connectivity index is 2.61. The Morgan fingerprint density at radius 1 is 1.32 bits per heavy atom. The Labute approximate surface area is 114 Å². The summed E-state index contributed by atoms with van der Waals surface area (Å²) in [6, 6.07) is 6.40. The highest BCUT2D eigenvalue weighted by molar-refractivity contribution is 5.80. The van der Waals surface area contributed by atoms with Gasteiger partial charge >= 0.3 is 0 Å². The lowest BCUT2D eigenvalue weighted by molar-refractivity contribution is 0.362. The smallest absolute Gasteiger partial charge is 0.101 e. The first-order chi connectivity index (χ1) is 9.06. The molecule has 1 aromatic rings. The summed E-state index contributed by atoms with van der Waals surface area (Å²) < 4.78 is 0. The molecule has 1 aliphatic heterocycles. The predicted octanol–water partition coefficient (Wildman–Crippen LogP) is 3.50.